The van der Waals surface area contributed by atoms with Gasteiger partial charge in [0.15, 0.2) is 10.2 Å². The van der Waals surface area contributed by atoms with E-state index in [1.54, 1.807) is 0 Å². The highest BCUT2D eigenvalue weighted by molar-refractivity contribution is 7.80. The molecule has 2 aliphatic carbocycles. The molecule has 0 spiro atoms. The Morgan fingerprint density at radius 1 is 1.00 bits per heavy atom. The van der Waals surface area contributed by atoms with Crippen LogP contribution in [0.5, 0.6) is 0 Å². The molecule has 2 aliphatic rings. The van der Waals surface area contributed by atoms with Crippen LogP contribution in [-0.2, 0) is 6.54 Å². The van der Waals surface area contributed by atoms with Crippen LogP contribution in [0.4, 0.5) is 0 Å². The average Bonchev–Trinajstić information content (AvgIpc) is 3.14. The maximum Gasteiger partial charge on any atom is 0.185 e. The Morgan fingerprint density at radius 2 is 1.77 bits per heavy atom. The molecular formula is C16H22N4S2. The molecule has 2 fully saturated rings. The van der Waals surface area contributed by atoms with Crippen LogP contribution in [0.15, 0.2) is 30.3 Å². The molecule has 3 atom stereocenters. The fourth-order valence-electron chi connectivity index (χ4n) is 3.56. The fourth-order valence-corrected chi connectivity index (χ4v) is 3.89. The van der Waals surface area contributed by atoms with E-state index in [4.69, 9.17) is 24.4 Å². The quantitative estimate of drug-likeness (QED) is 0.502. The number of fused-ring (bicyclic) bond motifs is 2. The Kier molecular flexibility index (Phi) is 5.10. The first-order chi connectivity index (χ1) is 10.7. The van der Waals surface area contributed by atoms with Crippen molar-refractivity contribution in [2.24, 2.45) is 11.8 Å². The molecule has 118 valence electrons. The summed E-state index contributed by atoms with van der Waals surface area (Å²) in [5.74, 6) is 1.71. The molecule has 1 aromatic carbocycles. The normalized spacial score (nSPS) is 25.5. The smallest absolute Gasteiger partial charge is 0.185 e. The minimum atomic E-state index is 0.534. The third kappa shape index (κ3) is 4.08. The Hall–Kier alpha value is -1.40. The molecule has 0 saturated heterocycles. The Balaban J connectivity index is 1.33. The van der Waals surface area contributed by atoms with Gasteiger partial charge in [0.2, 0.25) is 0 Å². The van der Waals surface area contributed by atoms with Gasteiger partial charge < -0.3 is 10.6 Å². The summed E-state index contributed by atoms with van der Waals surface area (Å²) < 4.78 is 0. The molecule has 6 heteroatoms. The number of hydrazine groups is 1. The first-order valence-corrected chi connectivity index (χ1v) is 8.66. The summed E-state index contributed by atoms with van der Waals surface area (Å²) in [5, 5.41) is 7.72. The van der Waals surface area contributed by atoms with E-state index in [0.29, 0.717) is 22.8 Å². The van der Waals surface area contributed by atoms with Crippen LogP contribution < -0.4 is 21.5 Å². The van der Waals surface area contributed by atoms with Crippen LogP contribution in [0.1, 0.15) is 31.2 Å². The van der Waals surface area contributed by atoms with E-state index in [9.17, 15) is 0 Å². The Labute approximate surface area is 142 Å². The van der Waals surface area contributed by atoms with Gasteiger partial charge in [-0.05, 0) is 61.1 Å². The van der Waals surface area contributed by atoms with E-state index in [2.05, 4.69) is 33.6 Å². The first-order valence-electron chi connectivity index (χ1n) is 7.85. The van der Waals surface area contributed by atoms with Crippen LogP contribution >= 0.6 is 24.4 Å². The number of nitrogens with one attached hydrogen (secondary N) is 4. The lowest BCUT2D eigenvalue weighted by atomic mass is 9.96. The van der Waals surface area contributed by atoms with E-state index < -0.39 is 0 Å². The van der Waals surface area contributed by atoms with E-state index >= 15 is 0 Å². The predicted molar refractivity (Wildman–Crippen MR) is 97.1 cm³/mol. The topological polar surface area (TPSA) is 48.1 Å². The second-order valence-corrected chi connectivity index (χ2v) is 6.99. The summed E-state index contributed by atoms with van der Waals surface area (Å²) in [6.07, 6.45) is 5.36. The second kappa shape index (κ2) is 7.24. The molecule has 2 bridgehead atoms. The largest absolute Gasteiger partial charge is 0.358 e. The zero-order valence-corrected chi connectivity index (χ0v) is 14.1. The minimum Gasteiger partial charge on any atom is -0.358 e. The summed E-state index contributed by atoms with van der Waals surface area (Å²) in [6.45, 7) is 0.695. The van der Waals surface area contributed by atoms with Crippen molar-refractivity contribution in [1.82, 2.24) is 21.5 Å². The van der Waals surface area contributed by atoms with E-state index in [-0.39, 0.29) is 0 Å². The number of rotatable bonds is 3. The summed E-state index contributed by atoms with van der Waals surface area (Å²) >= 11 is 10.6. The van der Waals surface area contributed by atoms with Gasteiger partial charge in [-0.15, -0.1) is 0 Å². The van der Waals surface area contributed by atoms with Gasteiger partial charge in [0.25, 0.3) is 0 Å². The number of benzene rings is 1. The van der Waals surface area contributed by atoms with Crippen LogP contribution in [0.25, 0.3) is 0 Å². The lowest BCUT2D eigenvalue weighted by molar-refractivity contribution is 0.389. The zero-order chi connectivity index (χ0) is 15.4. The molecule has 2 saturated carbocycles. The van der Waals surface area contributed by atoms with Crippen molar-refractivity contribution in [3.05, 3.63) is 35.9 Å². The Bertz CT molecular complexity index is 534. The van der Waals surface area contributed by atoms with Crippen molar-refractivity contribution in [1.29, 1.82) is 0 Å². The molecule has 0 radical (unpaired) electrons. The summed E-state index contributed by atoms with van der Waals surface area (Å²) in [5.41, 5.74) is 7.10. The van der Waals surface area contributed by atoms with Crippen molar-refractivity contribution in [3.63, 3.8) is 0 Å². The van der Waals surface area contributed by atoms with Crippen molar-refractivity contribution < 1.29 is 0 Å². The van der Waals surface area contributed by atoms with Gasteiger partial charge in [0.1, 0.15) is 0 Å². The lowest BCUT2D eigenvalue weighted by Crippen LogP contribution is -2.52. The molecule has 4 nitrogen and oxygen atoms in total. The van der Waals surface area contributed by atoms with Crippen LogP contribution in [-0.4, -0.2) is 16.3 Å². The van der Waals surface area contributed by atoms with Crippen molar-refractivity contribution in [2.75, 3.05) is 0 Å². The predicted octanol–water partition coefficient (Wildman–Crippen LogP) is 2.22. The third-order valence-corrected chi connectivity index (χ3v) is 5.11. The molecule has 4 N–H and O–H groups in total. The number of thiocarbonyl (C=S) groups is 2. The molecule has 1 aromatic rings. The molecule has 3 rings (SSSR count). The van der Waals surface area contributed by atoms with Gasteiger partial charge in [0.05, 0.1) is 0 Å². The molecular weight excluding hydrogens is 312 g/mol. The molecule has 0 aromatic heterocycles. The van der Waals surface area contributed by atoms with E-state index in [1.165, 1.54) is 31.2 Å². The molecule has 0 amide bonds. The van der Waals surface area contributed by atoms with Gasteiger partial charge in [-0.2, -0.15) is 0 Å². The lowest BCUT2D eigenvalue weighted by Gasteiger charge is -2.24. The zero-order valence-electron chi connectivity index (χ0n) is 12.5. The van der Waals surface area contributed by atoms with E-state index in [1.807, 2.05) is 18.2 Å². The first kappa shape index (κ1) is 15.5. The fraction of sp³-hybridized carbons (Fsp3) is 0.500. The summed E-state index contributed by atoms with van der Waals surface area (Å²) in [6, 6.07) is 10.7. The van der Waals surface area contributed by atoms with Crippen molar-refractivity contribution in [2.45, 2.75) is 38.3 Å². The third-order valence-electron chi connectivity index (χ3n) is 4.64. The number of hydrogen-bond donors (Lipinski definition) is 4. The second-order valence-electron chi connectivity index (χ2n) is 6.17. The van der Waals surface area contributed by atoms with Crippen molar-refractivity contribution in [3.8, 4) is 0 Å². The monoisotopic (exact) mass is 334 g/mol. The molecule has 3 unspecified atom stereocenters. The van der Waals surface area contributed by atoms with Gasteiger partial charge in [-0.3, -0.25) is 10.9 Å². The highest BCUT2D eigenvalue weighted by Crippen LogP contribution is 2.44. The van der Waals surface area contributed by atoms with Gasteiger partial charge in [0, 0.05) is 12.6 Å². The molecule has 0 aliphatic heterocycles. The standard InChI is InChI=1S/C16H22N4S2/c21-15(17-10-11-4-2-1-3-5-11)19-20-16(22)18-14-9-12-6-7-13(14)8-12/h1-5,12-14H,6-10H2,(H2,17,19,21)(H2,18,20,22). The average molecular weight is 335 g/mol. The maximum atomic E-state index is 5.33. The molecule has 22 heavy (non-hydrogen) atoms. The number of hydrogen-bond acceptors (Lipinski definition) is 2. The van der Waals surface area contributed by atoms with E-state index in [0.717, 1.165) is 11.8 Å². The van der Waals surface area contributed by atoms with Gasteiger partial charge in [-0.1, -0.05) is 36.8 Å². The summed E-state index contributed by atoms with van der Waals surface area (Å²) in [4.78, 5) is 0. The van der Waals surface area contributed by atoms with Crippen molar-refractivity contribution >= 4 is 34.7 Å². The summed E-state index contributed by atoms with van der Waals surface area (Å²) in [7, 11) is 0. The highest BCUT2D eigenvalue weighted by Gasteiger charge is 2.39. The molecule has 0 heterocycles. The maximum absolute atomic E-state index is 5.33. The highest BCUT2D eigenvalue weighted by atomic mass is 32.1. The van der Waals surface area contributed by atoms with Gasteiger partial charge in [-0.25, -0.2) is 0 Å². The van der Waals surface area contributed by atoms with Crippen LogP contribution in [0.2, 0.25) is 0 Å². The SMILES string of the molecule is S=C(NCc1ccccc1)NNC(=S)NC1CC2CCC1C2. The van der Waals surface area contributed by atoms with Crippen LogP contribution in [0.3, 0.4) is 0 Å². The Morgan fingerprint density at radius 3 is 2.45 bits per heavy atom. The van der Waals surface area contributed by atoms with Crippen LogP contribution in [0, 0.1) is 11.8 Å². The minimum absolute atomic E-state index is 0.534. The van der Waals surface area contributed by atoms with Gasteiger partial charge >= 0.3 is 0 Å².